The predicted molar refractivity (Wildman–Crippen MR) is 94.6 cm³/mol. The summed E-state index contributed by atoms with van der Waals surface area (Å²) in [6, 6.07) is 17.0. The fourth-order valence-electron chi connectivity index (χ4n) is 2.98. The Morgan fingerprint density at radius 3 is 2.23 bits per heavy atom. The van der Waals surface area contributed by atoms with Gasteiger partial charge in [-0.15, -0.1) is 0 Å². The molecule has 2 aromatic carbocycles. The number of aliphatic carboxylic acids is 2. The molecule has 1 aliphatic heterocycles. The summed E-state index contributed by atoms with van der Waals surface area (Å²) in [7, 11) is 2.16. The highest BCUT2D eigenvalue weighted by atomic mass is 16.4. The van der Waals surface area contributed by atoms with Gasteiger partial charge in [0, 0.05) is 24.7 Å². The molecule has 0 aromatic heterocycles. The van der Waals surface area contributed by atoms with Crippen molar-refractivity contribution in [3.8, 4) is 0 Å². The molecule has 26 heavy (non-hydrogen) atoms. The lowest BCUT2D eigenvalue weighted by atomic mass is 9.84. The minimum Gasteiger partial charge on any atom is -0.545 e. The fourth-order valence-corrected chi connectivity index (χ4v) is 2.98. The van der Waals surface area contributed by atoms with E-state index < -0.39 is 11.9 Å². The molecule has 2 N–H and O–H groups in total. The molecule has 6 nitrogen and oxygen atoms in total. The average Bonchev–Trinajstić information content (AvgIpc) is 2.61. The third kappa shape index (κ3) is 5.19. The molecule has 2 aromatic rings. The first kappa shape index (κ1) is 19.2. The second-order valence-electron chi connectivity index (χ2n) is 6.05. The molecule has 0 amide bonds. The standard InChI is InChI=1S/C16H18N2.C4H4O4/c1-18-10-14(12-6-3-2-4-7-12)13-8-5-9-16(17)15(13)11-18;5-3(6)1-2-4(7)8/h2-9,14H,10-11,17H2,1H3;1-2H,(H,5,6)(H,7,8)/p-2/b;2-1-. The molecule has 1 atom stereocenters. The lowest BCUT2D eigenvalue weighted by Gasteiger charge is -2.33. The number of nitrogen functional groups attached to an aromatic ring is 1. The highest BCUT2D eigenvalue weighted by Crippen LogP contribution is 2.35. The third-order valence-electron chi connectivity index (χ3n) is 4.10. The molecule has 1 aliphatic rings. The van der Waals surface area contributed by atoms with Crippen molar-refractivity contribution in [1.82, 2.24) is 4.90 Å². The maximum absolute atomic E-state index is 9.41. The first-order valence-corrected chi connectivity index (χ1v) is 8.09. The Hall–Kier alpha value is -3.12. The first-order chi connectivity index (χ1) is 12.4. The topological polar surface area (TPSA) is 110 Å². The van der Waals surface area contributed by atoms with Gasteiger partial charge in [0.25, 0.3) is 0 Å². The number of likely N-dealkylation sites (N-methyl/N-ethyl adjacent to an activating group) is 1. The third-order valence-corrected chi connectivity index (χ3v) is 4.10. The average molecular weight is 352 g/mol. The van der Waals surface area contributed by atoms with Gasteiger partial charge in [0.2, 0.25) is 0 Å². The Morgan fingerprint density at radius 1 is 1.04 bits per heavy atom. The van der Waals surface area contributed by atoms with Crippen molar-refractivity contribution >= 4 is 17.6 Å². The van der Waals surface area contributed by atoms with Gasteiger partial charge in [0.1, 0.15) is 0 Å². The minimum atomic E-state index is -1.55. The van der Waals surface area contributed by atoms with Gasteiger partial charge in [-0.2, -0.15) is 0 Å². The first-order valence-electron chi connectivity index (χ1n) is 8.09. The van der Waals surface area contributed by atoms with Gasteiger partial charge in [0.05, 0.1) is 11.9 Å². The molecular formula is C20H20N2O4-2. The number of rotatable bonds is 3. The molecule has 0 aliphatic carbocycles. The van der Waals surface area contributed by atoms with Crippen LogP contribution >= 0.6 is 0 Å². The van der Waals surface area contributed by atoms with Gasteiger partial charge in [-0.05, 0) is 42.0 Å². The van der Waals surface area contributed by atoms with E-state index in [0.717, 1.165) is 18.8 Å². The lowest BCUT2D eigenvalue weighted by Crippen LogP contribution is -2.31. The number of carbonyl (C=O) groups excluding carboxylic acids is 2. The van der Waals surface area contributed by atoms with Gasteiger partial charge in [-0.25, -0.2) is 0 Å². The summed E-state index contributed by atoms with van der Waals surface area (Å²) in [4.78, 5) is 21.2. The Labute approximate surface area is 152 Å². The van der Waals surface area contributed by atoms with Gasteiger partial charge in [-0.3, -0.25) is 0 Å². The van der Waals surface area contributed by atoms with Gasteiger partial charge >= 0.3 is 0 Å². The van der Waals surface area contributed by atoms with E-state index >= 15 is 0 Å². The van der Waals surface area contributed by atoms with Crippen molar-refractivity contribution in [2.24, 2.45) is 0 Å². The van der Waals surface area contributed by atoms with Crippen LogP contribution in [0.4, 0.5) is 5.69 Å². The molecule has 6 heteroatoms. The van der Waals surface area contributed by atoms with Crippen LogP contribution in [0.1, 0.15) is 22.6 Å². The quantitative estimate of drug-likeness (QED) is 0.610. The van der Waals surface area contributed by atoms with E-state index in [0.29, 0.717) is 18.1 Å². The van der Waals surface area contributed by atoms with Crippen LogP contribution in [0, 0.1) is 0 Å². The fraction of sp³-hybridized carbons (Fsp3) is 0.200. The van der Waals surface area contributed by atoms with Gasteiger partial charge in [-0.1, -0.05) is 42.5 Å². The van der Waals surface area contributed by atoms with E-state index in [-0.39, 0.29) is 0 Å². The maximum Gasteiger partial charge on any atom is 0.0643 e. The molecule has 0 spiro atoms. The zero-order chi connectivity index (χ0) is 19.1. The van der Waals surface area contributed by atoms with Crippen molar-refractivity contribution in [2.75, 3.05) is 19.3 Å². The lowest BCUT2D eigenvalue weighted by molar-refractivity contribution is -0.301. The van der Waals surface area contributed by atoms with Crippen LogP contribution in [0.25, 0.3) is 0 Å². The Bertz CT molecular complexity index is 787. The number of fused-ring (bicyclic) bond motifs is 1. The van der Waals surface area contributed by atoms with Crippen LogP contribution < -0.4 is 15.9 Å². The number of benzene rings is 2. The van der Waals surface area contributed by atoms with E-state index in [1.807, 2.05) is 6.07 Å². The Morgan fingerprint density at radius 2 is 1.65 bits per heavy atom. The van der Waals surface area contributed by atoms with Crippen LogP contribution in [0.5, 0.6) is 0 Å². The number of nitrogens with zero attached hydrogens (tertiary/aromatic N) is 1. The van der Waals surface area contributed by atoms with Crippen LogP contribution in [0.15, 0.2) is 60.7 Å². The summed E-state index contributed by atoms with van der Waals surface area (Å²) in [5, 5.41) is 18.8. The number of carboxylic acids is 2. The van der Waals surface area contributed by atoms with Crippen LogP contribution in [-0.2, 0) is 16.1 Å². The second-order valence-corrected chi connectivity index (χ2v) is 6.05. The van der Waals surface area contributed by atoms with E-state index in [1.165, 1.54) is 16.7 Å². The summed E-state index contributed by atoms with van der Waals surface area (Å²) < 4.78 is 0. The van der Waals surface area contributed by atoms with Crippen molar-refractivity contribution in [3.05, 3.63) is 77.4 Å². The minimum absolute atomic E-state index is 0.384. The molecule has 136 valence electrons. The highest BCUT2D eigenvalue weighted by molar-refractivity contribution is 5.87. The number of anilines is 1. The molecule has 0 bridgehead atoms. The summed E-state index contributed by atoms with van der Waals surface area (Å²) >= 11 is 0. The van der Waals surface area contributed by atoms with Crippen LogP contribution in [0.2, 0.25) is 0 Å². The number of nitrogens with two attached hydrogens (primary N) is 1. The molecule has 0 radical (unpaired) electrons. The van der Waals surface area contributed by atoms with Crippen LogP contribution in [0.3, 0.4) is 0 Å². The normalized spacial score (nSPS) is 16.4. The van der Waals surface area contributed by atoms with E-state index in [1.54, 1.807) is 0 Å². The summed E-state index contributed by atoms with van der Waals surface area (Å²) in [5.74, 6) is -2.66. The Balaban J connectivity index is 0.000000260. The highest BCUT2D eigenvalue weighted by Gasteiger charge is 2.25. The maximum atomic E-state index is 9.41. The van der Waals surface area contributed by atoms with Crippen molar-refractivity contribution in [2.45, 2.75) is 12.5 Å². The van der Waals surface area contributed by atoms with E-state index in [9.17, 15) is 19.8 Å². The zero-order valence-corrected chi connectivity index (χ0v) is 14.4. The van der Waals surface area contributed by atoms with Gasteiger partial charge in [0.15, 0.2) is 0 Å². The smallest absolute Gasteiger partial charge is 0.0643 e. The zero-order valence-electron chi connectivity index (χ0n) is 14.4. The summed E-state index contributed by atoms with van der Waals surface area (Å²) in [6.07, 6.45) is 0.769. The van der Waals surface area contributed by atoms with E-state index in [2.05, 4.69) is 54.4 Å². The number of hydrogen-bond acceptors (Lipinski definition) is 6. The van der Waals surface area contributed by atoms with Crippen LogP contribution in [-0.4, -0.2) is 30.4 Å². The Kier molecular flexibility index (Phi) is 6.52. The number of carboxylic acid groups (broad SMARTS) is 2. The summed E-state index contributed by atoms with van der Waals surface area (Å²) in [5.41, 5.74) is 11.1. The molecule has 0 fully saturated rings. The molecule has 3 rings (SSSR count). The molecule has 1 heterocycles. The predicted octanol–water partition coefficient (Wildman–Crippen LogP) is -0.111. The molecular weight excluding hydrogens is 332 g/mol. The molecule has 1 unspecified atom stereocenters. The SMILES string of the molecule is CN1Cc2c(N)cccc2C(c2ccccc2)C1.O=C([O-])/C=C\C(=O)[O-]. The van der Waals surface area contributed by atoms with Gasteiger partial charge < -0.3 is 30.4 Å². The van der Waals surface area contributed by atoms with Crippen molar-refractivity contribution in [3.63, 3.8) is 0 Å². The van der Waals surface area contributed by atoms with E-state index in [4.69, 9.17) is 5.73 Å². The summed E-state index contributed by atoms with van der Waals surface area (Å²) in [6.45, 7) is 2.01. The molecule has 0 saturated carbocycles. The monoisotopic (exact) mass is 352 g/mol. The van der Waals surface area contributed by atoms with Crippen molar-refractivity contribution < 1.29 is 19.8 Å². The second kappa shape index (κ2) is 8.82. The molecule has 0 saturated heterocycles. The number of carbonyl (C=O) groups is 2. The van der Waals surface area contributed by atoms with Crippen molar-refractivity contribution in [1.29, 1.82) is 0 Å². The largest absolute Gasteiger partial charge is 0.545 e. The number of hydrogen-bond donors (Lipinski definition) is 1.